The molecule has 1 amide bonds. The normalized spacial score (nSPS) is 11.3. The number of likely N-dealkylation sites (N-methyl/N-ethyl adjacent to an activating group) is 1. The van der Waals surface area contributed by atoms with E-state index in [1.54, 1.807) is 24.3 Å². The molecule has 0 heterocycles. The summed E-state index contributed by atoms with van der Waals surface area (Å²) in [6, 6.07) is 9.49. The monoisotopic (exact) mass is 478 g/mol. The predicted octanol–water partition coefficient (Wildman–Crippen LogP) is 2.16. The Bertz CT molecular complexity index is 1150. The van der Waals surface area contributed by atoms with Gasteiger partial charge in [0.05, 0.1) is 35.0 Å². The summed E-state index contributed by atoms with van der Waals surface area (Å²) in [5.41, 5.74) is 0.810. The van der Waals surface area contributed by atoms with Crippen LogP contribution in [0.5, 0.6) is 17.2 Å². The molecule has 0 aromatic heterocycles. The van der Waals surface area contributed by atoms with E-state index in [4.69, 9.17) is 14.2 Å². The summed E-state index contributed by atoms with van der Waals surface area (Å²) >= 11 is 0. The number of carbonyl (C=O) groups excluding carboxylic acids is 2. The van der Waals surface area contributed by atoms with Gasteiger partial charge in [0.1, 0.15) is 10.6 Å². The first kappa shape index (κ1) is 25.7. The Morgan fingerprint density at radius 1 is 1.03 bits per heavy atom. The number of amides is 1. The topological polar surface area (TPSA) is 120 Å². The van der Waals surface area contributed by atoms with Crippen LogP contribution in [0.2, 0.25) is 0 Å². The lowest BCUT2D eigenvalue weighted by Crippen LogP contribution is -2.35. The molecule has 10 nitrogen and oxygen atoms in total. The van der Waals surface area contributed by atoms with Crippen molar-refractivity contribution in [3.05, 3.63) is 48.0 Å². The fraction of sp³-hybridized carbons (Fsp3) is 0.273. The number of ether oxygens (including phenoxy) is 4. The third-order valence-electron chi connectivity index (χ3n) is 4.49. The van der Waals surface area contributed by atoms with Crippen molar-refractivity contribution in [1.82, 2.24) is 4.31 Å². The molecule has 0 atom stereocenters. The molecule has 0 aliphatic rings. The van der Waals surface area contributed by atoms with Crippen molar-refractivity contribution >= 4 is 33.7 Å². The average Bonchev–Trinajstić information content (AvgIpc) is 2.81. The maximum absolute atomic E-state index is 13.3. The molecule has 0 unspecified atom stereocenters. The van der Waals surface area contributed by atoms with Gasteiger partial charge in [0.25, 0.3) is 0 Å². The molecule has 1 N–H and O–H groups in total. The summed E-state index contributed by atoms with van der Waals surface area (Å²) < 4.78 is 47.7. The number of esters is 1. The van der Waals surface area contributed by atoms with Gasteiger partial charge in [-0.25, -0.2) is 13.2 Å². The molecule has 0 fully saturated rings. The summed E-state index contributed by atoms with van der Waals surface area (Å²) in [7, 11) is 2.46. The number of nitrogens with one attached hydrogen (secondary N) is 1. The molecular formula is C22H26N2O8S. The van der Waals surface area contributed by atoms with E-state index in [9.17, 15) is 18.0 Å². The molecule has 0 bridgehead atoms. The first-order valence-corrected chi connectivity index (χ1v) is 11.0. The van der Waals surface area contributed by atoms with Gasteiger partial charge < -0.3 is 24.3 Å². The molecule has 11 heteroatoms. The molecule has 2 rings (SSSR count). The van der Waals surface area contributed by atoms with Crippen LogP contribution in [0.25, 0.3) is 6.08 Å². The van der Waals surface area contributed by atoms with Crippen molar-refractivity contribution in [2.75, 3.05) is 47.3 Å². The van der Waals surface area contributed by atoms with E-state index >= 15 is 0 Å². The zero-order valence-corrected chi connectivity index (χ0v) is 19.8. The smallest absolute Gasteiger partial charge is 0.330 e. The van der Waals surface area contributed by atoms with E-state index in [0.29, 0.717) is 17.0 Å². The molecule has 0 aliphatic heterocycles. The van der Waals surface area contributed by atoms with Crippen molar-refractivity contribution in [3.63, 3.8) is 0 Å². The molecule has 33 heavy (non-hydrogen) atoms. The van der Waals surface area contributed by atoms with E-state index in [1.807, 2.05) is 0 Å². The van der Waals surface area contributed by atoms with Crippen LogP contribution in [-0.2, 0) is 24.3 Å². The average molecular weight is 479 g/mol. The summed E-state index contributed by atoms with van der Waals surface area (Å²) in [4.78, 5) is 23.7. The van der Waals surface area contributed by atoms with Gasteiger partial charge in [-0.3, -0.25) is 4.79 Å². The minimum atomic E-state index is -4.19. The number of hydrogen-bond donors (Lipinski definition) is 1. The molecule has 0 spiro atoms. The maximum Gasteiger partial charge on any atom is 0.330 e. The van der Waals surface area contributed by atoms with Gasteiger partial charge in [-0.2, -0.15) is 4.31 Å². The number of rotatable bonds is 10. The molecule has 0 saturated heterocycles. The first-order valence-electron chi connectivity index (χ1n) is 9.58. The molecule has 0 aliphatic carbocycles. The number of nitrogens with zero attached hydrogens (tertiary/aromatic N) is 1. The second-order valence-electron chi connectivity index (χ2n) is 6.65. The highest BCUT2D eigenvalue weighted by atomic mass is 32.2. The summed E-state index contributed by atoms with van der Waals surface area (Å²) in [6.07, 6.45) is 2.52. The molecule has 0 saturated carbocycles. The van der Waals surface area contributed by atoms with E-state index in [1.165, 1.54) is 53.7 Å². The van der Waals surface area contributed by atoms with Crippen LogP contribution >= 0.6 is 0 Å². The standard InChI is InChI=1S/C22H26N2O8S/c1-24(14-20(25)23-16-7-6-8-17(13-16)29-2)33(27,28)19-12-15(9-10-21(26)31-4)11-18(30-3)22(19)32-5/h6-13H,14H2,1-5H3,(H,23,25)/b10-9+. The van der Waals surface area contributed by atoms with Crippen LogP contribution in [-0.4, -0.2) is 66.6 Å². The number of carbonyl (C=O) groups is 2. The number of hydrogen-bond acceptors (Lipinski definition) is 8. The van der Waals surface area contributed by atoms with Gasteiger partial charge >= 0.3 is 5.97 Å². The predicted molar refractivity (Wildman–Crippen MR) is 122 cm³/mol. The Kier molecular flexibility index (Phi) is 8.83. The molecular weight excluding hydrogens is 452 g/mol. The number of methoxy groups -OCH3 is 4. The highest BCUT2D eigenvalue weighted by Gasteiger charge is 2.29. The Morgan fingerprint density at radius 2 is 1.76 bits per heavy atom. The fourth-order valence-electron chi connectivity index (χ4n) is 2.83. The molecule has 0 radical (unpaired) electrons. The van der Waals surface area contributed by atoms with Crippen molar-refractivity contribution in [1.29, 1.82) is 0 Å². The quantitative estimate of drug-likeness (QED) is 0.407. The van der Waals surface area contributed by atoms with E-state index in [-0.39, 0.29) is 16.4 Å². The number of anilines is 1. The van der Waals surface area contributed by atoms with Crippen molar-refractivity contribution < 1.29 is 37.0 Å². The van der Waals surface area contributed by atoms with Crippen molar-refractivity contribution in [2.45, 2.75) is 4.90 Å². The lowest BCUT2D eigenvalue weighted by atomic mass is 10.2. The number of benzene rings is 2. The molecule has 2 aromatic carbocycles. The van der Waals surface area contributed by atoms with Crippen molar-refractivity contribution in [2.24, 2.45) is 0 Å². The van der Waals surface area contributed by atoms with Crippen LogP contribution in [0.1, 0.15) is 5.56 Å². The number of sulfonamides is 1. The first-order chi connectivity index (χ1) is 15.7. The van der Waals surface area contributed by atoms with Crippen LogP contribution < -0.4 is 19.5 Å². The maximum atomic E-state index is 13.3. The highest BCUT2D eigenvalue weighted by molar-refractivity contribution is 7.89. The minimum Gasteiger partial charge on any atom is -0.497 e. The third-order valence-corrected chi connectivity index (χ3v) is 6.30. The molecule has 178 valence electrons. The van der Waals surface area contributed by atoms with E-state index < -0.39 is 28.4 Å². The second-order valence-corrected chi connectivity index (χ2v) is 8.67. The van der Waals surface area contributed by atoms with Gasteiger partial charge in [0.15, 0.2) is 11.5 Å². The zero-order chi connectivity index (χ0) is 24.6. The lowest BCUT2D eigenvalue weighted by molar-refractivity contribution is -0.134. The summed E-state index contributed by atoms with van der Waals surface area (Å²) in [5, 5.41) is 2.63. The van der Waals surface area contributed by atoms with Gasteiger partial charge in [0, 0.05) is 24.9 Å². The van der Waals surface area contributed by atoms with Gasteiger partial charge in [-0.05, 0) is 35.9 Å². The van der Waals surface area contributed by atoms with Crippen LogP contribution in [0, 0.1) is 0 Å². The van der Waals surface area contributed by atoms with E-state index in [2.05, 4.69) is 10.1 Å². The highest BCUT2D eigenvalue weighted by Crippen LogP contribution is 2.37. The van der Waals surface area contributed by atoms with Gasteiger partial charge in [0.2, 0.25) is 15.9 Å². The summed E-state index contributed by atoms with van der Waals surface area (Å²) in [5.74, 6) is -0.518. The van der Waals surface area contributed by atoms with Gasteiger partial charge in [-0.15, -0.1) is 0 Å². The largest absolute Gasteiger partial charge is 0.497 e. The SMILES string of the molecule is COC(=O)/C=C/c1cc(OC)c(OC)c(S(=O)(=O)N(C)CC(=O)Nc2cccc(OC)c2)c1. The fourth-order valence-corrected chi connectivity index (χ4v) is 4.15. The minimum absolute atomic E-state index is 0.0345. The second kappa shape index (κ2) is 11.3. The Labute approximate surface area is 192 Å². The van der Waals surface area contributed by atoms with Crippen LogP contribution in [0.3, 0.4) is 0 Å². The van der Waals surface area contributed by atoms with Crippen LogP contribution in [0.4, 0.5) is 5.69 Å². The molecule has 2 aromatic rings. The van der Waals surface area contributed by atoms with Crippen molar-refractivity contribution in [3.8, 4) is 17.2 Å². The van der Waals surface area contributed by atoms with E-state index in [0.717, 1.165) is 10.4 Å². The summed E-state index contributed by atoms with van der Waals surface area (Å²) in [6.45, 7) is -0.465. The lowest BCUT2D eigenvalue weighted by Gasteiger charge is -2.20. The third kappa shape index (κ3) is 6.46. The Balaban J connectivity index is 2.34. The Hall–Kier alpha value is -3.57. The van der Waals surface area contributed by atoms with Gasteiger partial charge in [-0.1, -0.05) is 6.07 Å². The zero-order valence-electron chi connectivity index (χ0n) is 18.9. The Morgan fingerprint density at radius 3 is 2.36 bits per heavy atom. The van der Waals surface area contributed by atoms with Crippen LogP contribution in [0.15, 0.2) is 47.4 Å².